The zero-order valence-corrected chi connectivity index (χ0v) is 31.5. The molecule has 0 saturated carbocycles. The molecule has 9 rings (SSSR count). The van der Waals surface area contributed by atoms with Gasteiger partial charge in [0.2, 0.25) is 0 Å². The number of anilines is 2. The molecule has 3 unspecified atom stereocenters. The Morgan fingerprint density at radius 1 is 0.554 bits per heavy atom. The molecule has 0 saturated heterocycles. The van der Waals surface area contributed by atoms with Gasteiger partial charge >= 0.3 is 0 Å². The molecule has 0 bridgehead atoms. The van der Waals surface area contributed by atoms with Gasteiger partial charge in [-0.2, -0.15) is 0 Å². The fourth-order valence-electron chi connectivity index (χ4n) is 8.40. The van der Waals surface area contributed by atoms with Gasteiger partial charge in [0.25, 0.3) is 0 Å². The third kappa shape index (κ3) is 6.94. The summed E-state index contributed by atoms with van der Waals surface area (Å²) < 4.78 is 0. The summed E-state index contributed by atoms with van der Waals surface area (Å²) in [6.07, 6.45) is 29.8. The minimum absolute atomic E-state index is 0.155. The molecular weight excluding hydrogens is 677 g/mol. The van der Waals surface area contributed by atoms with Crippen molar-refractivity contribution in [1.29, 1.82) is 0 Å². The maximum atomic E-state index is 4.51. The molecule has 2 aliphatic heterocycles. The number of benzene rings is 5. The van der Waals surface area contributed by atoms with Crippen LogP contribution in [0.1, 0.15) is 40.5 Å². The molecule has 270 valence electrons. The number of hydrogen-bond donors (Lipinski definition) is 0. The molecule has 3 atom stereocenters. The Balaban J connectivity index is 1.18. The first kappa shape index (κ1) is 34.8. The molecule has 2 aliphatic carbocycles. The average Bonchev–Trinajstić information content (AvgIpc) is 3.59. The lowest BCUT2D eigenvalue weighted by Gasteiger charge is -2.35. The minimum atomic E-state index is 0.155. The molecule has 5 aromatic carbocycles. The van der Waals surface area contributed by atoms with Crippen LogP contribution in [-0.2, 0) is 0 Å². The largest absolute Gasteiger partial charge is 0.336 e. The van der Waals surface area contributed by atoms with Crippen molar-refractivity contribution in [3.05, 3.63) is 265 Å². The van der Waals surface area contributed by atoms with E-state index in [-0.39, 0.29) is 17.9 Å². The predicted molar refractivity (Wildman–Crippen MR) is 238 cm³/mol. The third-order valence-electron chi connectivity index (χ3n) is 11.2. The first-order valence-electron chi connectivity index (χ1n) is 19.5. The van der Waals surface area contributed by atoms with Gasteiger partial charge in [-0.05, 0) is 93.0 Å². The normalized spacial score (nSPS) is 22.9. The van der Waals surface area contributed by atoms with Crippen LogP contribution in [0, 0.1) is 0 Å². The molecule has 4 aliphatic rings. The summed E-state index contributed by atoms with van der Waals surface area (Å²) in [5.74, 6) is 0.466. The van der Waals surface area contributed by atoms with Crippen LogP contribution in [-0.4, -0.2) is 6.04 Å². The summed E-state index contributed by atoms with van der Waals surface area (Å²) >= 11 is 0. The SMILES string of the molecule is C=C1/C=C\C=C/N(c2cccc(-c3ccccc3)c2)/C=C\C(c2cccc3c2N(C2=CC(c4ccccc4)=CC(c4ccccc4)C2)C2C=CC=CC32)=C/C1=C. The summed E-state index contributed by atoms with van der Waals surface area (Å²) in [7, 11) is 0. The van der Waals surface area contributed by atoms with Gasteiger partial charge in [0.05, 0.1) is 11.7 Å². The highest BCUT2D eigenvalue weighted by Gasteiger charge is 2.41. The lowest BCUT2D eigenvalue weighted by Crippen LogP contribution is -2.34. The first-order valence-corrected chi connectivity index (χ1v) is 19.5. The Labute approximate surface area is 331 Å². The summed E-state index contributed by atoms with van der Waals surface area (Å²) in [5.41, 5.74) is 15.2. The van der Waals surface area contributed by atoms with Crippen molar-refractivity contribution in [2.45, 2.75) is 24.3 Å². The third-order valence-corrected chi connectivity index (χ3v) is 11.2. The fourth-order valence-corrected chi connectivity index (χ4v) is 8.40. The predicted octanol–water partition coefficient (Wildman–Crippen LogP) is 13.5. The van der Waals surface area contributed by atoms with Gasteiger partial charge in [-0.1, -0.05) is 177 Å². The number of para-hydroxylation sites is 1. The Bertz CT molecular complexity index is 2540. The number of fused-ring (bicyclic) bond motifs is 3. The molecule has 0 N–H and O–H groups in total. The molecule has 0 radical (unpaired) electrons. The van der Waals surface area contributed by atoms with Crippen LogP contribution in [0.2, 0.25) is 0 Å². The van der Waals surface area contributed by atoms with Crippen LogP contribution in [0.5, 0.6) is 0 Å². The maximum Gasteiger partial charge on any atom is 0.0626 e. The highest BCUT2D eigenvalue weighted by atomic mass is 15.2. The molecule has 0 aromatic heterocycles. The van der Waals surface area contributed by atoms with Crippen LogP contribution < -0.4 is 9.80 Å². The number of allylic oxidation sites excluding steroid dienone is 14. The van der Waals surface area contributed by atoms with E-state index in [1.54, 1.807) is 0 Å². The van der Waals surface area contributed by atoms with Gasteiger partial charge in [-0.3, -0.25) is 0 Å². The van der Waals surface area contributed by atoms with Crippen molar-refractivity contribution in [3.63, 3.8) is 0 Å². The molecular formula is C54H44N2. The second kappa shape index (κ2) is 15.5. The summed E-state index contributed by atoms with van der Waals surface area (Å²) in [6.45, 7) is 8.90. The number of rotatable bonds is 6. The zero-order valence-electron chi connectivity index (χ0n) is 31.5. The molecule has 2 nitrogen and oxygen atoms in total. The van der Waals surface area contributed by atoms with E-state index in [1.807, 2.05) is 12.2 Å². The van der Waals surface area contributed by atoms with E-state index in [2.05, 4.69) is 224 Å². The molecule has 5 aromatic rings. The highest BCUT2D eigenvalue weighted by Crippen LogP contribution is 2.51. The standard InChI is InChI=1S/C54H44N2/c1-39-18-14-15-32-55(48-26-16-25-44(36-48)41-19-6-3-7-20-41)33-31-45(34-40(39)2)50-28-17-29-52-51-27-12-13-30-53(51)56(54(50)52)49-37-46(42-21-8-4-9-22-42)35-47(38-49)43-23-10-5-11-24-43/h3-37,47,51,53H,1-2,38H2/b18-14-,32-15-,33-31-,45-34+. The van der Waals surface area contributed by atoms with E-state index in [0.717, 1.165) is 28.8 Å². The first-order chi connectivity index (χ1) is 27.6. The monoisotopic (exact) mass is 720 g/mol. The smallest absolute Gasteiger partial charge is 0.0626 e. The van der Waals surface area contributed by atoms with Crippen molar-refractivity contribution in [2.24, 2.45) is 0 Å². The van der Waals surface area contributed by atoms with E-state index >= 15 is 0 Å². The van der Waals surface area contributed by atoms with Gasteiger partial charge in [-0.25, -0.2) is 0 Å². The number of nitrogens with zero attached hydrogens (tertiary/aromatic N) is 2. The Morgan fingerprint density at radius 3 is 2.07 bits per heavy atom. The summed E-state index contributed by atoms with van der Waals surface area (Å²) in [6, 6.07) is 48.0. The van der Waals surface area contributed by atoms with Crippen molar-refractivity contribution in [2.75, 3.05) is 9.80 Å². The lowest BCUT2D eigenvalue weighted by atomic mass is 9.85. The topological polar surface area (TPSA) is 6.48 Å². The number of hydrogen-bond acceptors (Lipinski definition) is 2. The minimum Gasteiger partial charge on any atom is -0.336 e. The Kier molecular flexibility index (Phi) is 9.61. The molecule has 0 amide bonds. The average molecular weight is 721 g/mol. The Morgan fingerprint density at radius 2 is 1.27 bits per heavy atom. The van der Waals surface area contributed by atoms with E-state index in [1.165, 1.54) is 50.3 Å². The quantitative estimate of drug-likeness (QED) is 0.172. The highest BCUT2D eigenvalue weighted by molar-refractivity contribution is 5.90. The molecule has 0 fully saturated rings. The lowest BCUT2D eigenvalue weighted by molar-refractivity contribution is 0.683. The van der Waals surface area contributed by atoms with E-state index in [4.69, 9.17) is 0 Å². The second-order valence-corrected chi connectivity index (χ2v) is 14.7. The van der Waals surface area contributed by atoms with Crippen molar-refractivity contribution < 1.29 is 0 Å². The van der Waals surface area contributed by atoms with Crippen molar-refractivity contribution in [1.82, 2.24) is 0 Å². The molecule has 2 heterocycles. The van der Waals surface area contributed by atoms with Crippen LogP contribution in [0.3, 0.4) is 0 Å². The van der Waals surface area contributed by atoms with E-state index in [0.29, 0.717) is 0 Å². The van der Waals surface area contributed by atoms with Crippen LogP contribution in [0.25, 0.3) is 22.3 Å². The van der Waals surface area contributed by atoms with Crippen molar-refractivity contribution in [3.8, 4) is 11.1 Å². The van der Waals surface area contributed by atoms with E-state index in [9.17, 15) is 0 Å². The van der Waals surface area contributed by atoms with Gasteiger partial charge in [0, 0.05) is 41.2 Å². The van der Waals surface area contributed by atoms with Crippen LogP contribution in [0.15, 0.2) is 243 Å². The van der Waals surface area contributed by atoms with Crippen molar-refractivity contribution >= 4 is 22.5 Å². The van der Waals surface area contributed by atoms with Crippen LogP contribution in [0.4, 0.5) is 11.4 Å². The van der Waals surface area contributed by atoms with Gasteiger partial charge in [-0.15, -0.1) is 0 Å². The summed E-state index contributed by atoms with van der Waals surface area (Å²) in [4.78, 5) is 4.83. The summed E-state index contributed by atoms with van der Waals surface area (Å²) in [5, 5.41) is 0. The molecule has 0 spiro atoms. The Hall–Kier alpha value is -6.90. The van der Waals surface area contributed by atoms with Gasteiger partial charge in [0.15, 0.2) is 0 Å². The van der Waals surface area contributed by atoms with Gasteiger partial charge < -0.3 is 9.80 Å². The fraction of sp³-hybridized carbons (Fsp3) is 0.0741. The second-order valence-electron chi connectivity index (χ2n) is 14.7. The van der Waals surface area contributed by atoms with E-state index < -0.39 is 0 Å². The van der Waals surface area contributed by atoms with Crippen LogP contribution >= 0.6 is 0 Å². The zero-order chi connectivity index (χ0) is 37.8. The molecule has 2 heteroatoms. The maximum absolute atomic E-state index is 4.51. The molecule has 56 heavy (non-hydrogen) atoms. The van der Waals surface area contributed by atoms with Gasteiger partial charge in [0.1, 0.15) is 0 Å².